The van der Waals surface area contributed by atoms with Gasteiger partial charge in [0.15, 0.2) is 0 Å². The van der Waals surface area contributed by atoms with Gasteiger partial charge in [-0.2, -0.15) is 13.2 Å². The number of pyridine rings is 1. The quantitative estimate of drug-likeness (QED) is 0.836. The number of rotatable bonds is 2. The summed E-state index contributed by atoms with van der Waals surface area (Å²) in [6, 6.07) is 2.16. The van der Waals surface area contributed by atoms with Crippen LogP contribution in [0, 0.1) is 5.92 Å². The summed E-state index contributed by atoms with van der Waals surface area (Å²) in [4.78, 5) is 6.04. The number of halogens is 3. The largest absolute Gasteiger partial charge is 0.416 e. The van der Waals surface area contributed by atoms with Gasteiger partial charge in [0, 0.05) is 25.9 Å². The molecule has 3 nitrogen and oxygen atoms in total. The zero-order valence-electron chi connectivity index (χ0n) is 11.8. The summed E-state index contributed by atoms with van der Waals surface area (Å²) in [7, 11) is 0. The summed E-state index contributed by atoms with van der Waals surface area (Å²) in [5.74, 6) is 0.963. The maximum Gasteiger partial charge on any atom is 0.416 e. The minimum Gasteiger partial charge on any atom is -0.378 e. The van der Waals surface area contributed by atoms with Crippen LogP contribution in [0.5, 0.6) is 0 Å². The fourth-order valence-electron chi connectivity index (χ4n) is 3.24. The molecule has 2 aliphatic rings. The molecule has 116 valence electrons. The van der Waals surface area contributed by atoms with Gasteiger partial charge in [0.2, 0.25) is 0 Å². The number of piperidine rings is 1. The van der Waals surface area contributed by atoms with Crippen molar-refractivity contribution in [3.05, 3.63) is 23.9 Å². The highest BCUT2D eigenvalue weighted by Crippen LogP contribution is 2.33. The molecule has 0 aromatic carbocycles. The second kappa shape index (κ2) is 5.83. The van der Waals surface area contributed by atoms with E-state index in [0.29, 0.717) is 17.8 Å². The molecule has 0 radical (unpaired) electrons. The van der Waals surface area contributed by atoms with Crippen LogP contribution in [-0.4, -0.2) is 30.8 Å². The molecule has 0 bridgehead atoms. The Morgan fingerprint density at radius 1 is 1.19 bits per heavy atom. The summed E-state index contributed by atoms with van der Waals surface area (Å²) in [5.41, 5.74) is -0.631. The molecule has 1 aromatic rings. The third-order valence-corrected chi connectivity index (χ3v) is 4.43. The van der Waals surface area contributed by atoms with Crippen molar-refractivity contribution < 1.29 is 17.9 Å². The van der Waals surface area contributed by atoms with Crippen LogP contribution in [0.15, 0.2) is 18.3 Å². The number of hydrogen-bond acceptors (Lipinski definition) is 3. The van der Waals surface area contributed by atoms with Crippen LogP contribution in [0.1, 0.15) is 31.2 Å². The molecule has 0 N–H and O–H groups in total. The maximum atomic E-state index is 12.7. The molecule has 0 aliphatic carbocycles. The standard InChI is InChI=1S/C15H19F3N2O/c16-15(17,18)12-3-6-19-14(10-12)20-7-4-11(5-8-20)13-2-1-9-21-13/h3,6,10-11,13H,1-2,4-5,7-9H2. The minimum atomic E-state index is -4.31. The summed E-state index contributed by atoms with van der Waals surface area (Å²) in [6.45, 7) is 2.34. The first-order valence-electron chi connectivity index (χ1n) is 7.44. The lowest BCUT2D eigenvalue weighted by Gasteiger charge is -2.35. The third-order valence-electron chi connectivity index (χ3n) is 4.43. The number of nitrogens with zero attached hydrogens (tertiary/aromatic N) is 2. The van der Waals surface area contributed by atoms with Crippen LogP contribution in [0.4, 0.5) is 19.0 Å². The van der Waals surface area contributed by atoms with E-state index in [1.165, 1.54) is 6.20 Å². The van der Waals surface area contributed by atoms with E-state index in [1.807, 2.05) is 4.90 Å². The van der Waals surface area contributed by atoms with Crippen molar-refractivity contribution in [3.63, 3.8) is 0 Å². The Hall–Kier alpha value is -1.30. The molecule has 2 saturated heterocycles. The van der Waals surface area contributed by atoms with Crippen molar-refractivity contribution in [2.45, 2.75) is 38.0 Å². The monoisotopic (exact) mass is 300 g/mol. The zero-order chi connectivity index (χ0) is 14.9. The first-order chi connectivity index (χ1) is 10.0. The highest BCUT2D eigenvalue weighted by atomic mass is 19.4. The molecule has 2 aliphatic heterocycles. The van der Waals surface area contributed by atoms with Crippen molar-refractivity contribution >= 4 is 5.82 Å². The van der Waals surface area contributed by atoms with E-state index in [9.17, 15) is 13.2 Å². The minimum absolute atomic E-state index is 0.349. The number of ether oxygens (including phenoxy) is 1. The second-order valence-corrected chi connectivity index (χ2v) is 5.78. The Bertz CT molecular complexity index is 478. The molecule has 6 heteroatoms. The summed E-state index contributed by atoms with van der Waals surface area (Å²) in [6.07, 6.45) is 1.44. The van der Waals surface area contributed by atoms with Gasteiger partial charge in [0.25, 0.3) is 0 Å². The van der Waals surface area contributed by atoms with E-state index in [-0.39, 0.29) is 0 Å². The summed E-state index contributed by atoms with van der Waals surface area (Å²) >= 11 is 0. The highest BCUT2D eigenvalue weighted by Gasteiger charge is 2.33. The number of aromatic nitrogens is 1. The lowest BCUT2D eigenvalue weighted by molar-refractivity contribution is -0.137. The summed E-state index contributed by atoms with van der Waals surface area (Å²) < 4.78 is 43.9. The van der Waals surface area contributed by atoms with E-state index < -0.39 is 11.7 Å². The number of alkyl halides is 3. The molecule has 1 unspecified atom stereocenters. The third kappa shape index (κ3) is 3.31. The molecule has 3 rings (SSSR count). The maximum absolute atomic E-state index is 12.7. The Labute approximate surface area is 122 Å². The molecule has 0 saturated carbocycles. The van der Waals surface area contributed by atoms with E-state index in [4.69, 9.17) is 4.74 Å². The molecule has 3 heterocycles. The van der Waals surface area contributed by atoms with Crippen molar-refractivity contribution in [1.82, 2.24) is 4.98 Å². The first-order valence-corrected chi connectivity index (χ1v) is 7.44. The van der Waals surface area contributed by atoms with Crippen LogP contribution in [0.2, 0.25) is 0 Å². The van der Waals surface area contributed by atoms with Crippen molar-refractivity contribution in [2.75, 3.05) is 24.6 Å². The Morgan fingerprint density at radius 2 is 1.95 bits per heavy atom. The average Bonchev–Trinajstić information content (AvgIpc) is 3.01. The molecule has 1 atom stereocenters. The highest BCUT2D eigenvalue weighted by molar-refractivity contribution is 5.42. The fraction of sp³-hybridized carbons (Fsp3) is 0.667. The van der Waals surface area contributed by atoms with Gasteiger partial charge in [-0.25, -0.2) is 4.98 Å². The second-order valence-electron chi connectivity index (χ2n) is 5.78. The molecule has 2 fully saturated rings. The Morgan fingerprint density at radius 3 is 2.57 bits per heavy atom. The summed E-state index contributed by atoms with van der Waals surface area (Å²) in [5, 5.41) is 0. The van der Waals surface area contributed by atoms with Crippen molar-refractivity contribution in [1.29, 1.82) is 0 Å². The normalized spacial score (nSPS) is 24.5. The van der Waals surface area contributed by atoms with E-state index >= 15 is 0 Å². The Kier molecular flexibility index (Phi) is 4.06. The lowest BCUT2D eigenvalue weighted by atomic mass is 9.90. The first kappa shape index (κ1) is 14.6. The topological polar surface area (TPSA) is 25.4 Å². The predicted molar refractivity (Wildman–Crippen MR) is 73.2 cm³/mol. The van der Waals surface area contributed by atoms with Crippen LogP contribution in [-0.2, 0) is 10.9 Å². The van der Waals surface area contributed by atoms with Crippen LogP contribution in [0.3, 0.4) is 0 Å². The van der Waals surface area contributed by atoms with Gasteiger partial charge < -0.3 is 9.64 Å². The molecule has 21 heavy (non-hydrogen) atoms. The number of hydrogen-bond donors (Lipinski definition) is 0. The van der Waals surface area contributed by atoms with Crippen LogP contribution >= 0.6 is 0 Å². The van der Waals surface area contributed by atoms with E-state index in [0.717, 1.165) is 57.5 Å². The van der Waals surface area contributed by atoms with Gasteiger partial charge in [-0.1, -0.05) is 0 Å². The SMILES string of the molecule is FC(F)(F)c1ccnc(N2CCC(C3CCCO3)CC2)c1. The van der Waals surface area contributed by atoms with Crippen molar-refractivity contribution in [2.24, 2.45) is 5.92 Å². The van der Waals surface area contributed by atoms with E-state index in [2.05, 4.69) is 4.98 Å². The van der Waals surface area contributed by atoms with Crippen molar-refractivity contribution in [3.8, 4) is 0 Å². The number of anilines is 1. The van der Waals surface area contributed by atoms with Gasteiger partial charge in [-0.3, -0.25) is 0 Å². The van der Waals surface area contributed by atoms with Gasteiger partial charge in [0.1, 0.15) is 5.82 Å². The molecular formula is C15H19F3N2O. The molecular weight excluding hydrogens is 281 g/mol. The molecule has 0 spiro atoms. The predicted octanol–water partition coefficient (Wildman–Crippen LogP) is 3.50. The fourth-order valence-corrected chi connectivity index (χ4v) is 3.24. The smallest absolute Gasteiger partial charge is 0.378 e. The average molecular weight is 300 g/mol. The molecule has 0 amide bonds. The van der Waals surface area contributed by atoms with Gasteiger partial charge >= 0.3 is 6.18 Å². The van der Waals surface area contributed by atoms with Gasteiger partial charge in [0.05, 0.1) is 11.7 Å². The molecule has 1 aromatic heterocycles. The van der Waals surface area contributed by atoms with Gasteiger partial charge in [-0.05, 0) is 43.7 Å². The van der Waals surface area contributed by atoms with Gasteiger partial charge in [-0.15, -0.1) is 0 Å². The zero-order valence-corrected chi connectivity index (χ0v) is 11.8. The Balaban J connectivity index is 1.64. The van der Waals surface area contributed by atoms with Crippen LogP contribution in [0.25, 0.3) is 0 Å². The van der Waals surface area contributed by atoms with Crippen LogP contribution < -0.4 is 4.90 Å². The lowest BCUT2D eigenvalue weighted by Crippen LogP contribution is -2.38. The van der Waals surface area contributed by atoms with E-state index in [1.54, 1.807) is 0 Å².